The van der Waals surface area contributed by atoms with Crippen molar-refractivity contribution in [2.75, 3.05) is 19.7 Å². The minimum absolute atomic E-state index is 0.142. The molecule has 4 rings (SSSR count). The monoisotopic (exact) mass is 333 g/mol. The van der Waals surface area contributed by atoms with Gasteiger partial charge >= 0.3 is 0 Å². The summed E-state index contributed by atoms with van der Waals surface area (Å²) >= 11 is 0. The Kier molecular flexibility index (Phi) is 3.68. The number of aryl methyl sites for hydroxylation is 1. The first-order chi connectivity index (χ1) is 11.6. The van der Waals surface area contributed by atoms with E-state index in [1.807, 2.05) is 0 Å². The van der Waals surface area contributed by atoms with Crippen molar-refractivity contribution in [1.29, 1.82) is 0 Å². The maximum Gasteiger partial charge on any atom is 0.264 e. The number of hydrogen-bond acceptors (Lipinski definition) is 6. The minimum Gasteiger partial charge on any atom is -0.480 e. The van der Waals surface area contributed by atoms with Gasteiger partial charge in [-0.1, -0.05) is 0 Å². The lowest BCUT2D eigenvalue weighted by Crippen LogP contribution is -2.48. The van der Waals surface area contributed by atoms with E-state index in [0.717, 1.165) is 0 Å². The Labute approximate surface area is 137 Å². The number of morpholine rings is 1. The zero-order valence-electron chi connectivity index (χ0n) is 13.1. The number of amides is 1. The van der Waals surface area contributed by atoms with Crippen LogP contribution in [-0.4, -0.2) is 46.8 Å². The number of halogens is 1. The summed E-state index contributed by atoms with van der Waals surface area (Å²) in [7, 11) is 0. The zero-order valence-corrected chi connectivity index (χ0v) is 13.1. The molecule has 0 bridgehead atoms. The molecule has 0 saturated carbocycles. The van der Waals surface area contributed by atoms with Gasteiger partial charge in [-0.3, -0.25) is 4.79 Å². The largest absolute Gasteiger partial charge is 0.480 e. The molecule has 8 heteroatoms. The van der Waals surface area contributed by atoms with E-state index in [1.165, 1.54) is 12.1 Å². The van der Waals surface area contributed by atoms with Crippen molar-refractivity contribution in [2.45, 2.75) is 25.6 Å². The van der Waals surface area contributed by atoms with Gasteiger partial charge in [0.2, 0.25) is 11.8 Å². The van der Waals surface area contributed by atoms with Crippen molar-refractivity contribution in [1.82, 2.24) is 15.1 Å². The van der Waals surface area contributed by atoms with Gasteiger partial charge in [0.1, 0.15) is 11.6 Å². The molecular weight excluding hydrogens is 317 g/mol. The molecule has 0 radical (unpaired) electrons. The number of carbonyl (C=O) groups is 1. The van der Waals surface area contributed by atoms with Gasteiger partial charge < -0.3 is 18.8 Å². The predicted octanol–water partition coefficient (Wildman–Crippen LogP) is 1.42. The number of fused-ring (bicyclic) bond motifs is 1. The van der Waals surface area contributed by atoms with E-state index < -0.39 is 12.2 Å². The van der Waals surface area contributed by atoms with Gasteiger partial charge in [-0.2, -0.15) is 0 Å². The third kappa shape index (κ3) is 2.73. The van der Waals surface area contributed by atoms with Gasteiger partial charge in [-0.15, -0.1) is 10.2 Å². The van der Waals surface area contributed by atoms with Crippen LogP contribution in [0.3, 0.4) is 0 Å². The van der Waals surface area contributed by atoms with Crippen molar-refractivity contribution in [3.63, 3.8) is 0 Å². The second kappa shape index (κ2) is 5.86. The van der Waals surface area contributed by atoms with Crippen LogP contribution in [0.4, 0.5) is 4.39 Å². The first-order valence-electron chi connectivity index (χ1n) is 7.75. The molecule has 2 aliphatic heterocycles. The highest BCUT2D eigenvalue weighted by Crippen LogP contribution is 2.31. The van der Waals surface area contributed by atoms with E-state index in [4.69, 9.17) is 13.9 Å². The molecule has 1 fully saturated rings. The fraction of sp³-hybridized carbons (Fsp3) is 0.438. The van der Waals surface area contributed by atoms with E-state index >= 15 is 0 Å². The molecule has 1 amide bonds. The highest BCUT2D eigenvalue weighted by Gasteiger charge is 2.36. The Morgan fingerprint density at radius 2 is 2.25 bits per heavy atom. The summed E-state index contributed by atoms with van der Waals surface area (Å²) in [5.41, 5.74) is 0.714. The molecule has 7 nitrogen and oxygen atoms in total. The van der Waals surface area contributed by atoms with Crippen molar-refractivity contribution in [2.24, 2.45) is 0 Å². The maximum absolute atomic E-state index is 13.3. The van der Waals surface area contributed by atoms with Gasteiger partial charge in [0.25, 0.3) is 5.91 Å². The van der Waals surface area contributed by atoms with Crippen molar-refractivity contribution in [3.8, 4) is 5.75 Å². The fourth-order valence-electron chi connectivity index (χ4n) is 3.00. The van der Waals surface area contributed by atoms with Gasteiger partial charge in [-0.25, -0.2) is 4.39 Å². The molecule has 3 heterocycles. The van der Waals surface area contributed by atoms with Crippen molar-refractivity contribution in [3.05, 3.63) is 41.4 Å². The third-order valence-corrected chi connectivity index (χ3v) is 4.17. The van der Waals surface area contributed by atoms with Crippen LogP contribution in [0.2, 0.25) is 0 Å². The number of nitrogens with zero attached hydrogens (tertiary/aromatic N) is 3. The molecule has 24 heavy (non-hydrogen) atoms. The van der Waals surface area contributed by atoms with E-state index in [-0.39, 0.29) is 11.7 Å². The second-order valence-electron chi connectivity index (χ2n) is 5.87. The van der Waals surface area contributed by atoms with E-state index in [9.17, 15) is 9.18 Å². The fourth-order valence-corrected chi connectivity index (χ4v) is 3.00. The molecule has 0 aliphatic carbocycles. The molecule has 126 valence electrons. The molecule has 2 aliphatic rings. The third-order valence-electron chi connectivity index (χ3n) is 4.17. The molecule has 2 aromatic rings. The Morgan fingerprint density at radius 1 is 1.38 bits per heavy atom. The van der Waals surface area contributed by atoms with Gasteiger partial charge in [0.15, 0.2) is 12.2 Å². The topological polar surface area (TPSA) is 77.7 Å². The molecule has 1 aromatic heterocycles. The predicted molar refractivity (Wildman–Crippen MR) is 78.8 cm³/mol. The standard InChI is InChI=1S/C16H16FN3O4/c1-9-18-19-15(23-9)14-8-20(4-5-22-14)16(21)13-7-10-6-11(17)2-3-12(10)24-13/h2-3,6,13-14H,4-5,7-8H2,1H3. The Bertz CT molecular complexity index is 778. The average Bonchev–Trinajstić information content (AvgIpc) is 3.20. The summed E-state index contributed by atoms with van der Waals surface area (Å²) < 4.78 is 30.0. The lowest BCUT2D eigenvalue weighted by Gasteiger charge is -2.32. The average molecular weight is 333 g/mol. The summed E-state index contributed by atoms with van der Waals surface area (Å²) in [6.45, 7) is 2.87. The van der Waals surface area contributed by atoms with Crippen LogP contribution in [0.25, 0.3) is 0 Å². The highest BCUT2D eigenvalue weighted by molar-refractivity contribution is 5.82. The van der Waals surface area contributed by atoms with E-state index in [0.29, 0.717) is 49.2 Å². The van der Waals surface area contributed by atoms with Crippen LogP contribution in [0.1, 0.15) is 23.4 Å². The van der Waals surface area contributed by atoms with Gasteiger partial charge in [0, 0.05) is 25.5 Å². The molecule has 2 unspecified atom stereocenters. The summed E-state index contributed by atoms with van der Waals surface area (Å²) in [4.78, 5) is 14.4. The van der Waals surface area contributed by atoms with Crippen LogP contribution >= 0.6 is 0 Å². The summed E-state index contributed by atoms with van der Waals surface area (Å²) in [6, 6.07) is 4.29. The number of rotatable bonds is 2. The first kappa shape index (κ1) is 15.1. The molecule has 0 N–H and O–H groups in total. The Hall–Kier alpha value is -2.48. The molecule has 0 spiro atoms. The lowest BCUT2D eigenvalue weighted by molar-refractivity contribution is -0.146. The number of hydrogen-bond donors (Lipinski definition) is 0. The molecule has 1 saturated heterocycles. The quantitative estimate of drug-likeness (QED) is 0.827. The van der Waals surface area contributed by atoms with Gasteiger partial charge in [0.05, 0.1) is 13.2 Å². The number of aromatic nitrogens is 2. The van der Waals surface area contributed by atoms with Crippen molar-refractivity contribution < 1.29 is 23.1 Å². The zero-order chi connectivity index (χ0) is 16.7. The SMILES string of the molecule is Cc1nnc(C2CN(C(=O)C3Cc4cc(F)ccc4O3)CCO2)o1. The maximum atomic E-state index is 13.3. The minimum atomic E-state index is -0.634. The van der Waals surface area contributed by atoms with Gasteiger partial charge in [-0.05, 0) is 18.2 Å². The van der Waals surface area contributed by atoms with Crippen LogP contribution in [0, 0.1) is 12.7 Å². The Morgan fingerprint density at radius 3 is 3.04 bits per heavy atom. The number of benzene rings is 1. The second-order valence-corrected chi connectivity index (χ2v) is 5.87. The molecule has 2 atom stereocenters. The molecular formula is C16H16FN3O4. The van der Waals surface area contributed by atoms with Crippen LogP contribution in [0.15, 0.2) is 22.6 Å². The smallest absolute Gasteiger partial charge is 0.264 e. The highest BCUT2D eigenvalue weighted by atomic mass is 19.1. The first-order valence-corrected chi connectivity index (χ1v) is 7.75. The summed E-state index contributed by atoms with van der Waals surface area (Å²) in [6.07, 6.45) is -0.705. The van der Waals surface area contributed by atoms with Crippen LogP contribution in [-0.2, 0) is 16.0 Å². The summed E-state index contributed by atoms with van der Waals surface area (Å²) in [5.74, 6) is 0.906. The number of ether oxygens (including phenoxy) is 2. The van der Waals surface area contributed by atoms with Crippen LogP contribution < -0.4 is 4.74 Å². The van der Waals surface area contributed by atoms with Crippen molar-refractivity contribution >= 4 is 5.91 Å². The number of carbonyl (C=O) groups excluding carboxylic acids is 1. The van der Waals surface area contributed by atoms with Crippen LogP contribution in [0.5, 0.6) is 5.75 Å². The lowest BCUT2D eigenvalue weighted by atomic mass is 10.1. The normalized spacial score (nSPS) is 23.0. The van der Waals surface area contributed by atoms with E-state index in [2.05, 4.69) is 10.2 Å². The summed E-state index contributed by atoms with van der Waals surface area (Å²) in [5, 5.41) is 7.73. The molecule has 1 aromatic carbocycles. The van der Waals surface area contributed by atoms with E-state index in [1.54, 1.807) is 17.9 Å². The Balaban J connectivity index is 1.45.